The van der Waals surface area contributed by atoms with Crippen molar-refractivity contribution in [2.24, 2.45) is 13.0 Å². The normalized spacial score (nSPS) is 22.5. The van der Waals surface area contributed by atoms with Crippen molar-refractivity contribution in [3.63, 3.8) is 0 Å². The molecule has 0 radical (unpaired) electrons. The van der Waals surface area contributed by atoms with Gasteiger partial charge >= 0.3 is 0 Å². The van der Waals surface area contributed by atoms with Gasteiger partial charge in [-0.05, 0) is 24.3 Å². The first-order valence-corrected chi connectivity index (χ1v) is 9.29. The minimum absolute atomic E-state index is 0.0557. The number of benzene rings is 1. The number of rotatable bonds is 6. The van der Waals surface area contributed by atoms with Gasteiger partial charge in [-0.15, -0.1) is 0 Å². The van der Waals surface area contributed by atoms with E-state index < -0.39 is 10.0 Å². The van der Waals surface area contributed by atoms with Crippen LogP contribution in [-0.4, -0.2) is 29.4 Å². The molecule has 0 aliphatic heterocycles. The molecule has 1 aliphatic rings. The summed E-state index contributed by atoms with van der Waals surface area (Å²) < 4.78 is 29.5. The zero-order valence-corrected chi connectivity index (χ0v) is 13.8. The molecule has 1 aromatic heterocycles. The number of hydrogen-bond donors (Lipinski definition) is 2. The molecule has 3 rings (SSSR count). The first kappa shape index (κ1) is 16.2. The lowest BCUT2D eigenvalue weighted by molar-refractivity contribution is 0.0280. The third-order valence-electron chi connectivity index (χ3n) is 4.21. The van der Waals surface area contributed by atoms with E-state index in [2.05, 4.69) is 9.82 Å². The summed E-state index contributed by atoms with van der Waals surface area (Å²) in [6.45, 7) is 0. The van der Waals surface area contributed by atoms with Crippen LogP contribution in [0.5, 0.6) is 0 Å². The molecule has 1 heterocycles. The van der Waals surface area contributed by atoms with Gasteiger partial charge in [-0.25, -0.2) is 13.1 Å². The average Bonchev–Trinajstić information content (AvgIpc) is 2.89. The molecule has 0 spiro atoms. The van der Waals surface area contributed by atoms with Gasteiger partial charge in [0.15, 0.2) is 0 Å². The molecule has 1 aliphatic carbocycles. The number of nitrogens with zero attached hydrogens (tertiary/aromatic N) is 2. The van der Waals surface area contributed by atoms with Crippen molar-refractivity contribution in [3.05, 3.63) is 53.9 Å². The second kappa shape index (κ2) is 6.43. The smallest absolute Gasteiger partial charge is 0.216 e. The quantitative estimate of drug-likeness (QED) is 0.835. The number of hydrogen-bond acceptors (Lipinski definition) is 4. The Morgan fingerprint density at radius 1 is 1.35 bits per heavy atom. The van der Waals surface area contributed by atoms with Gasteiger partial charge in [0.25, 0.3) is 0 Å². The zero-order valence-electron chi connectivity index (χ0n) is 13.0. The Hall–Kier alpha value is -1.70. The summed E-state index contributed by atoms with van der Waals surface area (Å²) >= 11 is 0. The summed E-state index contributed by atoms with van der Waals surface area (Å²) in [5, 5.41) is 13.7. The summed E-state index contributed by atoms with van der Waals surface area (Å²) in [6.07, 6.45) is 4.37. The topological polar surface area (TPSA) is 84.2 Å². The lowest BCUT2D eigenvalue weighted by Crippen LogP contribution is -2.41. The average molecular weight is 335 g/mol. The van der Waals surface area contributed by atoms with Crippen molar-refractivity contribution >= 4 is 10.0 Å². The van der Waals surface area contributed by atoms with Crippen LogP contribution in [0.2, 0.25) is 0 Å². The summed E-state index contributed by atoms with van der Waals surface area (Å²) in [7, 11) is -1.68. The largest absolute Gasteiger partial charge is 0.393 e. The molecule has 0 bridgehead atoms. The van der Waals surface area contributed by atoms with Crippen LogP contribution in [0.15, 0.2) is 42.7 Å². The second-order valence-corrected chi connectivity index (χ2v) is 7.93. The van der Waals surface area contributed by atoms with Gasteiger partial charge in [-0.1, -0.05) is 30.3 Å². The van der Waals surface area contributed by atoms with E-state index >= 15 is 0 Å². The minimum atomic E-state index is -3.48. The SMILES string of the molecule is Cn1cc(C(NS(=O)(=O)Cc2ccccc2)C2CC(O)C2)cn1. The van der Waals surface area contributed by atoms with E-state index in [9.17, 15) is 13.5 Å². The Kier molecular flexibility index (Phi) is 4.52. The van der Waals surface area contributed by atoms with Crippen LogP contribution in [0.25, 0.3) is 0 Å². The van der Waals surface area contributed by atoms with E-state index in [4.69, 9.17) is 0 Å². The van der Waals surface area contributed by atoms with Gasteiger partial charge in [0.05, 0.1) is 24.1 Å². The maximum atomic E-state index is 12.5. The van der Waals surface area contributed by atoms with Crippen molar-refractivity contribution in [1.29, 1.82) is 0 Å². The van der Waals surface area contributed by atoms with Crippen molar-refractivity contribution in [3.8, 4) is 0 Å². The molecule has 23 heavy (non-hydrogen) atoms. The molecule has 124 valence electrons. The van der Waals surface area contributed by atoms with Crippen molar-refractivity contribution in [1.82, 2.24) is 14.5 Å². The maximum absolute atomic E-state index is 12.5. The summed E-state index contributed by atoms with van der Waals surface area (Å²) in [4.78, 5) is 0. The van der Waals surface area contributed by atoms with Crippen LogP contribution in [0.4, 0.5) is 0 Å². The molecule has 1 unspecified atom stereocenters. The molecule has 2 N–H and O–H groups in total. The fourth-order valence-electron chi connectivity index (χ4n) is 2.97. The predicted octanol–water partition coefficient (Wildman–Crippen LogP) is 1.35. The molecular formula is C16H21N3O3S. The lowest BCUT2D eigenvalue weighted by atomic mass is 9.76. The second-order valence-electron chi connectivity index (χ2n) is 6.17. The predicted molar refractivity (Wildman–Crippen MR) is 86.9 cm³/mol. The number of aryl methyl sites for hydroxylation is 1. The van der Waals surface area contributed by atoms with E-state index in [0.29, 0.717) is 12.8 Å². The molecule has 0 saturated heterocycles. The fourth-order valence-corrected chi connectivity index (χ4v) is 4.40. The van der Waals surface area contributed by atoms with Crippen LogP contribution in [-0.2, 0) is 22.8 Å². The van der Waals surface area contributed by atoms with Crippen molar-refractivity contribution in [2.45, 2.75) is 30.7 Å². The highest BCUT2D eigenvalue weighted by atomic mass is 32.2. The Bertz CT molecular complexity index is 752. The molecule has 2 aromatic rings. The molecule has 0 amide bonds. The monoisotopic (exact) mass is 335 g/mol. The number of aliphatic hydroxyl groups is 1. The first-order valence-electron chi connectivity index (χ1n) is 7.63. The van der Waals surface area contributed by atoms with Crippen LogP contribution in [0.3, 0.4) is 0 Å². The summed E-state index contributed by atoms with van der Waals surface area (Å²) in [6, 6.07) is 8.76. The number of aromatic nitrogens is 2. The summed E-state index contributed by atoms with van der Waals surface area (Å²) in [5.74, 6) is 0.0413. The van der Waals surface area contributed by atoms with Gasteiger partial charge in [-0.3, -0.25) is 4.68 Å². The van der Waals surface area contributed by atoms with Gasteiger partial charge < -0.3 is 5.11 Å². The van der Waals surface area contributed by atoms with E-state index in [1.54, 1.807) is 30.1 Å². The molecule has 1 aromatic carbocycles. The highest BCUT2D eigenvalue weighted by molar-refractivity contribution is 7.88. The van der Waals surface area contributed by atoms with E-state index in [-0.39, 0.29) is 23.8 Å². The van der Waals surface area contributed by atoms with E-state index in [1.165, 1.54) is 0 Å². The van der Waals surface area contributed by atoms with Gasteiger partial charge in [0.1, 0.15) is 0 Å². The zero-order chi connectivity index (χ0) is 16.4. The van der Waals surface area contributed by atoms with Gasteiger partial charge in [-0.2, -0.15) is 5.10 Å². The van der Waals surface area contributed by atoms with Crippen LogP contribution in [0.1, 0.15) is 30.0 Å². The number of nitrogens with one attached hydrogen (secondary N) is 1. The Morgan fingerprint density at radius 2 is 2.04 bits per heavy atom. The molecule has 1 fully saturated rings. The number of aliphatic hydroxyl groups excluding tert-OH is 1. The van der Waals surface area contributed by atoms with Crippen molar-refractivity contribution in [2.75, 3.05) is 0 Å². The minimum Gasteiger partial charge on any atom is -0.393 e. The van der Waals surface area contributed by atoms with Crippen LogP contribution < -0.4 is 4.72 Å². The fraction of sp³-hybridized carbons (Fsp3) is 0.438. The highest BCUT2D eigenvalue weighted by Crippen LogP contribution is 2.38. The van der Waals surface area contributed by atoms with Crippen LogP contribution in [0, 0.1) is 5.92 Å². The third kappa shape index (κ3) is 3.99. The third-order valence-corrected chi connectivity index (χ3v) is 5.54. The lowest BCUT2D eigenvalue weighted by Gasteiger charge is -2.37. The molecular weight excluding hydrogens is 314 g/mol. The molecule has 6 nitrogen and oxygen atoms in total. The van der Waals surface area contributed by atoms with Gasteiger partial charge in [0.2, 0.25) is 10.0 Å². The Labute approximate surface area is 136 Å². The Morgan fingerprint density at radius 3 is 2.61 bits per heavy atom. The van der Waals surface area contributed by atoms with Crippen molar-refractivity contribution < 1.29 is 13.5 Å². The summed E-state index contributed by atoms with van der Waals surface area (Å²) in [5.41, 5.74) is 1.58. The molecule has 7 heteroatoms. The highest BCUT2D eigenvalue weighted by Gasteiger charge is 2.37. The molecule has 1 atom stereocenters. The standard InChI is InChI=1S/C16H21N3O3S/c1-19-10-14(9-17-19)16(13-7-15(20)8-13)18-23(21,22)11-12-5-3-2-4-6-12/h2-6,9-10,13,15-16,18,20H,7-8,11H2,1H3. The Balaban J connectivity index is 1.77. The van der Waals surface area contributed by atoms with E-state index in [1.807, 2.05) is 24.4 Å². The van der Waals surface area contributed by atoms with E-state index in [0.717, 1.165) is 11.1 Å². The maximum Gasteiger partial charge on any atom is 0.216 e. The molecule has 1 saturated carbocycles. The number of sulfonamides is 1. The van der Waals surface area contributed by atoms with Gasteiger partial charge in [0, 0.05) is 18.8 Å². The van der Waals surface area contributed by atoms with Crippen LogP contribution >= 0.6 is 0 Å². The first-order chi connectivity index (χ1) is 10.9.